The van der Waals surface area contributed by atoms with E-state index in [4.69, 9.17) is 0 Å². The molecule has 3 rings (SSSR count). The lowest BCUT2D eigenvalue weighted by molar-refractivity contribution is -0.122. The van der Waals surface area contributed by atoms with E-state index < -0.39 is 0 Å². The van der Waals surface area contributed by atoms with Crippen molar-refractivity contribution < 1.29 is 9.18 Å². The maximum atomic E-state index is 12.9. The number of nitrogens with zero attached hydrogens (tertiary/aromatic N) is 4. The van der Waals surface area contributed by atoms with Crippen molar-refractivity contribution in [1.82, 2.24) is 25.5 Å². The van der Waals surface area contributed by atoms with Crippen LogP contribution in [-0.4, -0.2) is 26.1 Å². The molecule has 1 atom stereocenters. The van der Waals surface area contributed by atoms with Crippen molar-refractivity contribution in [3.8, 4) is 10.7 Å². The van der Waals surface area contributed by atoms with Gasteiger partial charge in [0.15, 0.2) is 0 Å². The molecule has 0 aliphatic rings. The molecule has 6 nitrogen and oxygen atoms in total. The van der Waals surface area contributed by atoms with Gasteiger partial charge in [0.25, 0.3) is 0 Å². The second kappa shape index (κ2) is 6.66. The van der Waals surface area contributed by atoms with Gasteiger partial charge in [-0.3, -0.25) is 4.79 Å². The molecule has 118 valence electrons. The number of amides is 1. The van der Waals surface area contributed by atoms with E-state index in [0.29, 0.717) is 5.82 Å². The number of hydrogen-bond acceptors (Lipinski definition) is 5. The third-order valence-electron chi connectivity index (χ3n) is 3.23. The summed E-state index contributed by atoms with van der Waals surface area (Å²) in [6.07, 6.45) is 0. The molecule has 23 heavy (non-hydrogen) atoms. The van der Waals surface area contributed by atoms with E-state index in [0.717, 1.165) is 10.4 Å². The number of carbonyl (C=O) groups is 1. The van der Waals surface area contributed by atoms with Crippen molar-refractivity contribution in [3.05, 3.63) is 53.2 Å². The van der Waals surface area contributed by atoms with Crippen LogP contribution in [0.5, 0.6) is 0 Å². The summed E-state index contributed by atoms with van der Waals surface area (Å²) in [5.41, 5.74) is 0.825. The Labute approximate surface area is 136 Å². The molecule has 1 N–H and O–H groups in total. The fourth-order valence-corrected chi connectivity index (χ4v) is 2.71. The third kappa shape index (κ3) is 3.78. The summed E-state index contributed by atoms with van der Waals surface area (Å²) in [6, 6.07) is 9.57. The number of rotatable bonds is 5. The molecular weight excluding hydrogens is 317 g/mol. The normalized spacial score (nSPS) is 12.1. The topological polar surface area (TPSA) is 72.7 Å². The fraction of sp³-hybridized carbons (Fsp3) is 0.200. The highest BCUT2D eigenvalue weighted by atomic mass is 32.1. The molecule has 0 aliphatic carbocycles. The maximum absolute atomic E-state index is 12.9. The van der Waals surface area contributed by atoms with Crippen molar-refractivity contribution in [3.63, 3.8) is 0 Å². The summed E-state index contributed by atoms with van der Waals surface area (Å²) in [7, 11) is 0. The lowest BCUT2D eigenvalue weighted by Crippen LogP contribution is -2.30. The summed E-state index contributed by atoms with van der Waals surface area (Å²) < 4.78 is 12.9. The monoisotopic (exact) mass is 331 g/mol. The van der Waals surface area contributed by atoms with Gasteiger partial charge in [-0.15, -0.1) is 21.5 Å². The van der Waals surface area contributed by atoms with Gasteiger partial charge in [-0.2, -0.15) is 4.80 Å². The number of tetrazole rings is 1. The molecule has 3 aromatic rings. The summed E-state index contributed by atoms with van der Waals surface area (Å²) in [4.78, 5) is 14.2. The molecule has 0 bridgehead atoms. The highest BCUT2D eigenvalue weighted by molar-refractivity contribution is 7.13. The fourth-order valence-electron chi connectivity index (χ4n) is 2.07. The van der Waals surface area contributed by atoms with Crippen molar-refractivity contribution in [2.45, 2.75) is 19.5 Å². The van der Waals surface area contributed by atoms with E-state index in [1.807, 2.05) is 24.4 Å². The Morgan fingerprint density at radius 1 is 1.35 bits per heavy atom. The number of aromatic nitrogens is 4. The SMILES string of the molecule is CC(NC(=O)Cn1nnc(-c2cccs2)n1)c1ccc(F)cc1. The van der Waals surface area contributed by atoms with Gasteiger partial charge >= 0.3 is 0 Å². The predicted molar refractivity (Wildman–Crippen MR) is 84.1 cm³/mol. The zero-order chi connectivity index (χ0) is 16.2. The van der Waals surface area contributed by atoms with E-state index in [2.05, 4.69) is 20.7 Å². The zero-order valence-electron chi connectivity index (χ0n) is 12.3. The first kappa shape index (κ1) is 15.3. The Kier molecular flexibility index (Phi) is 4.42. The lowest BCUT2D eigenvalue weighted by Gasteiger charge is -2.13. The first-order valence-corrected chi connectivity index (χ1v) is 7.86. The van der Waals surface area contributed by atoms with Gasteiger partial charge in [-0.25, -0.2) is 4.39 Å². The Balaban J connectivity index is 1.60. The standard InChI is InChI=1S/C15H14FN5OS/c1-10(11-4-6-12(16)7-5-11)17-14(22)9-21-19-15(18-20-21)13-3-2-8-23-13/h2-8,10H,9H2,1H3,(H,17,22). The number of carbonyl (C=O) groups excluding carboxylic acids is 1. The minimum atomic E-state index is -0.305. The average Bonchev–Trinajstić information content (AvgIpc) is 3.18. The second-order valence-electron chi connectivity index (χ2n) is 4.96. The van der Waals surface area contributed by atoms with Crippen LogP contribution >= 0.6 is 11.3 Å². The molecule has 0 aliphatic heterocycles. The Hall–Kier alpha value is -2.61. The summed E-state index contributed by atoms with van der Waals surface area (Å²) in [6.45, 7) is 1.81. The van der Waals surface area contributed by atoms with Gasteiger partial charge in [0.05, 0.1) is 10.9 Å². The molecular formula is C15H14FN5OS. The van der Waals surface area contributed by atoms with Crippen molar-refractivity contribution in [2.75, 3.05) is 0 Å². The van der Waals surface area contributed by atoms with Crippen molar-refractivity contribution >= 4 is 17.2 Å². The zero-order valence-corrected chi connectivity index (χ0v) is 13.1. The molecule has 0 fully saturated rings. The van der Waals surface area contributed by atoms with Gasteiger partial charge < -0.3 is 5.32 Å². The van der Waals surface area contributed by atoms with Crippen LogP contribution in [0.25, 0.3) is 10.7 Å². The molecule has 2 aromatic heterocycles. The van der Waals surface area contributed by atoms with Crippen LogP contribution in [0, 0.1) is 5.82 Å². The second-order valence-corrected chi connectivity index (χ2v) is 5.91. The van der Waals surface area contributed by atoms with Crippen LogP contribution in [0.3, 0.4) is 0 Å². The average molecular weight is 331 g/mol. The van der Waals surface area contributed by atoms with Crippen LogP contribution in [-0.2, 0) is 11.3 Å². The van der Waals surface area contributed by atoms with Gasteiger partial charge in [-0.1, -0.05) is 18.2 Å². The third-order valence-corrected chi connectivity index (χ3v) is 4.09. The van der Waals surface area contributed by atoms with E-state index in [9.17, 15) is 9.18 Å². The molecule has 1 unspecified atom stereocenters. The van der Waals surface area contributed by atoms with E-state index in [-0.39, 0.29) is 24.3 Å². The molecule has 0 radical (unpaired) electrons. The van der Waals surface area contributed by atoms with Crippen LogP contribution in [0.15, 0.2) is 41.8 Å². The van der Waals surface area contributed by atoms with Gasteiger partial charge in [-0.05, 0) is 41.3 Å². The van der Waals surface area contributed by atoms with Gasteiger partial charge in [0, 0.05) is 0 Å². The first-order valence-electron chi connectivity index (χ1n) is 6.98. The highest BCUT2D eigenvalue weighted by Gasteiger charge is 2.13. The Morgan fingerprint density at radius 2 is 2.13 bits per heavy atom. The molecule has 1 amide bonds. The van der Waals surface area contributed by atoms with Gasteiger partial charge in [0.1, 0.15) is 12.4 Å². The summed E-state index contributed by atoms with van der Waals surface area (Å²) in [5, 5.41) is 16.7. The van der Waals surface area contributed by atoms with Crippen LogP contribution in [0.4, 0.5) is 4.39 Å². The molecule has 1 aromatic carbocycles. The minimum absolute atomic E-state index is 0.0239. The van der Waals surface area contributed by atoms with E-state index in [1.165, 1.54) is 28.3 Å². The predicted octanol–water partition coefficient (Wildman–Crippen LogP) is 2.42. The summed E-state index contributed by atoms with van der Waals surface area (Å²) in [5.74, 6) is -0.0449. The molecule has 2 heterocycles. The molecule has 0 saturated carbocycles. The highest BCUT2D eigenvalue weighted by Crippen LogP contribution is 2.19. The quantitative estimate of drug-likeness (QED) is 0.779. The molecule has 8 heteroatoms. The largest absolute Gasteiger partial charge is 0.348 e. The lowest BCUT2D eigenvalue weighted by atomic mass is 10.1. The Morgan fingerprint density at radius 3 is 2.83 bits per heavy atom. The number of nitrogens with one attached hydrogen (secondary N) is 1. The van der Waals surface area contributed by atoms with E-state index >= 15 is 0 Å². The maximum Gasteiger partial charge on any atom is 0.244 e. The van der Waals surface area contributed by atoms with Gasteiger partial charge in [0.2, 0.25) is 11.7 Å². The number of benzene rings is 1. The smallest absolute Gasteiger partial charge is 0.244 e. The first-order chi connectivity index (χ1) is 11.1. The number of halogens is 1. The van der Waals surface area contributed by atoms with Crippen molar-refractivity contribution in [1.29, 1.82) is 0 Å². The van der Waals surface area contributed by atoms with Crippen LogP contribution in [0.1, 0.15) is 18.5 Å². The molecule has 0 saturated heterocycles. The van der Waals surface area contributed by atoms with Crippen LogP contribution in [0.2, 0.25) is 0 Å². The van der Waals surface area contributed by atoms with E-state index in [1.54, 1.807) is 12.1 Å². The van der Waals surface area contributed by atoms with Crippen molar-refractivity contribution in [2.24, 2.45) is 0 Å². The Bertz CT molecular complexity index is 785. The number of hydrogen-bond donors (Lipinski definition) is 1. The van der Waals surface area contributed by atoms with Crippen LogP contribution < -0.4 is 5.32 Å². The molecule has 0 spiro atoms. The minimum Gasteiger partial charge on any atom is -0.348 e. The summed E-state index contributed by atoms with van der Waals surface area (Å²) >= 11 is 1.51. The number of thiophene rings is 1.